The lowest BCUT2D eigenvalue weighted by atomic mass is 10.00. The predicted molar refractivity (Wildman–Crippen MR) is 91.7 cm³/mol. The van der Waals surface area contributed by atoms with Crippen molar-refractivity contribution in [2.24, 2.45) is 0 Å². The molecule has 1 unspecified atom stereocenters. The summed E-state index contributed by atoms with van der Waals surface area (Å²) in [5.41, 5.74) is 3.81. The second-order valence-electron chi connectivity index (χ2n) is 6.64. The number of hydrogen-bond donors (Lipinski definition) is 2. The average molecular weight is 350 g/mol. The lowest BCUT2D eigenvalue weighted by molar-refractivity contribution is -0.157. The number of phenols is 1. The van der Waals surface area contributed by atoms with Gasteiger partial charge in [0.15, 0.2) is 6.10 Å². The summed E-state index contributed by atoms with van der Waals surface area (Å²) in [5.74, 6) is -0.557. The van der Waals surface area contributed by atoms with Crippen molar-refractivity contribution in [2.75, 3.05) is 0 Å². The molecule has 0 saturated heterocycles. The number of benzene rings is 1. The van der Waals surface area contributed by atoms with Crippen LogP contribution in [-0.4, -0.2) is 25.7 Å². The number of aromatic hydroxyl groups is 1. The molecule has 7 nitrogen and oxygen atoms in total. The number of carbonyl (C=O) groups is 1. The summed E-state index contributed by atoms with van der Waals surface area (Å²) in [7, 11) is 0. The minimum Gasteiger partial charge on any atom is -0.508 e. The quantitative estimate of drug-likeness (QED) is 0.466. The number of aliphatic hydroxyl groups is 1. The smallest absolute Gasteiger partial charge is 0.340 e. The van der Waals surface area contributed by atoms with Crippen LogP contribution in [0, 0.1) is 6.92 Å². The molecule has 2 aliphatic rings. The van der Waals surface area contributed by atoms with E-state index >= 15 is 0 Å². The van der Waals surface area contributed by atoms with Gasteiger partial charge in [0.2, 0.25) is 0 Å². The van der Waals surface area contributed by atoms with E-state index in [9.17, 15) is 19.8 Å². The number of hydrogen-bond acceptors (Lipinski definition) is 6. The molecule has 2 aliphatic heterocycles. The van der Waals surface area contributed by atoms with Crippen LogP contribution in [0.3, 0.4) is 0 Å². The van der Waals surface area contributed by atoms with Crippen molar-refractivity contribution in [1.82, 2.24) is 9.55 Å². The Morgan fingerprint density at radius 1 is 1.27 bits per heavy atom. The standard InChI is InChI=1S/C19H14N2O5/c1-8-10-4-9-6-21-14(16(9)20-13(10)2-3-15(8)22)5-11-12(18(21)24)7-26-19(25)17(11)23/h2-5,17,22-23H,6-7H2,1H3. The highest BCUT2D eigenvalue weighted by Gasteiger charge is 2.33. The van der Waals surface area contributed by atoms with Gasteiger partial charge in [0, 0.05) is 22.1 Å². The molecule has 0 saturated carbocycles. The first-order valence-corrected chi connectivity index (χ1v) is 8.19. The third-order valence-corrected chi connectivity index (χ3v) is 5.20. The zero-order valence-corrected chi connectivity index (χ0v) is 13.8. The SMILES string of the molecule is Cc1c(O)ccc2nc3c(cc12)Cn1c-3cc2c(c1=O)COC(=O)C2O. The van der Waals surface area contributed by atoms with E-state index in [0.29, 0.717) is 29.0 Å². The molecule has 0 radical (unpaired) electrons. The summed E-state index contributed by atoms with van der Waals surface area (Å²) in [5, 5.41) is 20.9. The Hall–Kier alpha value is -3.19. The van der Waals surface area contributed by atoms with Gasteiger partial charge in [0.1, 0.15) is 12.4 Å². The second-order valence-corrected chi connectivity index (χ2v) is 6.64. The van der Waals surface area contributed by atoms with Crippen molar-refractivity contribution in [3.05, 3.63) is 56.9 Å². The zero-order chi connectivity index (χ0) is 18.2. The van der Waals surface area contributed by atoms with E-state index in [1.165, 1.54) is 0 Å². The fourth-order valence-corrected chi connectivity index (χ4v) is 3.73. The van der Waals surface area contributed by atoms with Gasteiger partial charge < -0.3 is 19.5 Å². The molecule has 3 aromatic rings. The minimum atomic E-state index is -1.46. The maximum Gasteiger partial charge on any atom is 0.340 e. The predicted octanol–water partition coefficient (Wildman–Crippen LogP) is 1.53. The molecule has 130 valence electrons. The van der Waals surface area contributed by atoms with Crippen molar-refractivity contribution in [2.45, 2.75) is 26.2 Å². The summed E-state index contributed by atoms with van der Waals surface area (Å²) in [4.78, 5) is 29.1. The Morgan fingerprint density at radius 3 is 2.88 bits per heavy atom. The molecule has 1 atom stereocenters. The largest absolute Gasteiger partial charge is 0.508 e. The lowest BCUT2D eigenvalue weighted by Gasteiger charge is -2.21. The Bertz CT molecular complexity index is 1190. The Labute approximate surface area is 147 Å². The van der Waals surface area contributed by atoms with Gasteiger partial charge in [-0.25, -0.2) is 9.78 Å². The van der Waals surface area contributed by atoms with Gasteiger partial charge in [0.25, 0.3) is 5.56 Å². The van der Waals surface area contributed by atoms with Crippen LogP contribution in [0.25, 0.3) is 22.3 Å². The number of aromatic nitrogens is 2. The molecule has 0 spiro atoms. The molecule has 7 heteroatoms. The highest BCUT2D eigenvalue weighted by Crippen LogP contribution is 2.36. The van der Waals surface area contributed by atoms with Gasteiger partial charge in [-0.2, -0.15) is 0 Å². The maximum absolute atomic E-state index is 12.8. The van der Waals surface area contributed by atoms with E-state index in [1.807, 2.05) is 13.0 Å². The molecular weight excluding hydrogens is 336 g/mol. The third-order valence-electron chi connectivity index (χ3n) is 5.20. The van der Waals surface area contributed by atoms with E-state index in [0.717, 1.165) is 16.5 Å². The molecule has 0 aliphatic carbocycles. The lowest BCUT2D eigenvalue weighted by Crippen LogP contribution is -2.32. The van der Waals surface area contributed by atoms with Gasteiger partial charge in [-0.1, -0.05) is 0 Å². The molecule has 2 N–H and O–H groups in total. The third kappa shape index (κ3) is 1.83. The van der Waals surface area contributed by atoms with E-state index in [1.54, 1.807) is 22.8 Å². The van der Waals surface area contributed by atoms with Crippen LogP contribution < -0.4 is 5.56 Å². The van der Waals surface area contributed by atoms with Gasteiger partial charge in [-0.15, -0.1) is 0 Å². The Morgan fingerprint density at radius 2 is 2.08 bits per heavy atom. The molecule has 2 aromatic heterocycles. The monoisotopic (exact) mass is 350 g/mol. The van der Waals surface area contributed by atoms with E-state index in [2.05, 4.69) is 4.98 Å². The van der Waals surface area contributed by atoms with Crippen LogP contribution in [0.4, 0.5) is 0 Å². The molecular formula is C19H14N2O5. The van der Waals surface area contributed by atoms with Crippen molar-refractivity contribution in [3.8, 4) is 17.1 Å². The fraction of sp³-hybridized carbons (Fsp3) is 0.211. The summed E-state index contributed by atoms with van der Waals surface area (Å²) >= 11 is 0. The highest BCUT2D eigenvalue weighted by atomic mass is 16.5. The summed E-state index contributed by atoms with van der Waals surface area (Å²) in [6, 6.07) is 6.89. The normalized spacial score (nSPS) is 17.6. The van der Waals surface area contributed by atoms with Crippen LogP contribution >= 0.6 is 0 Å². The molecule has 0 bridgehead atoms. The zero-order valence-electron chi connectivity index (χ0n) is 13.8. The number of pyridine rings is 2. The number of aryl methyl sites for hydroxylation is 1. The van der Waals surface area contributed by atoms with Crippen LogP contribution in [0.1, 0.15) is 28.4 Å². The first kappa shape index (κ1) is 15.1. The van der Waals surface area contributed by atoms with Crippen molar-refractivity contribution in [3.63, 3.8) is 0 Å². The van der Waals surface area contributed by atoms with E-state index < -0.39 is 12.1 Å². The molecule has 0 fully saturated rings. The van der Waals surface area contributed by atoms with Gasteiger partial charge >= 0.3 is 5.97 Å². The number of carbonyl (C=O) groups excluding carboxylic acids is 1. The topological polar surface area (TPSA) is 102 Å². The van der Waals surface area contributed by atoms with Crippen molar-refractivity contribution in [1.29, 1.82) is 0 Å². The van der Waals surface area contributed by atoms with Crippen molar-refractivity contribution >= 4 is 16.9 Å². The first-order valence-electron chi connectivity index (χ1n) is 8.19. The number of cyclic esters (lactones) is 1. The summed E-state index contributed by atoms with van der Waals surface area (Å²) in [6.45, 7) is 2.03. The van der Waals surface area contributed by atoms with Gasteiger partial charge in [0.05, 0.1) is 29.0 Å². The average Bonchev–Trinajstić information content (AvgIpc) is 2.99. The molecule has 1 aromatic carbocycles. The second kappa shape index (κ2) is 4.92. The highest BCUT2D eigenvalue weighted by molar-refractivity contribution is 5.88. The van der Waals surface area contributed by atoms with Crippen LogP contribution in [-0.2, 0) is 22.7 Å². The summed E-state index contributed by atoms with van der Waals surface area (Å²) < 4.78 is 6.46. The fourth-order valence-electron chi connectivity index (χ4n) is 3.73. The van der Waals surface area contributed by atoms with Crippen molar-refractivity contribution < 1.29 is 19.7 Å². The maximum atomic E-state index is 12.8. The Balaban J connectivity index is 1.79. The van der Waals surface area contributed by atoms with Crippen LogP contribution in [0.2, 0.25) is 0 Å². The molecule has 5 rings (SSSR count). The van der Waals surface area contributed by atoms with E-state index in [-0.39, 0.29) is 23.5 Å². The number of phenolic OH excluding ortho intramolecular Hbond substituents is 1. The van der Waals surface area contributed by atoms with Gasteiger partial charge in [-0.05, 0) is 31.2 Å². The number of rotatable bonds is 0. The first-order chi connectivity index (χ1) is 12.5. The van der Waals surface area contributed by atoms with E-state index in [4.69, 9.17) is 4.74 Å². The number of nitrogens with zero attached hydrogens (tertiary/aromatic N) is 2. The molecule has 0 amide bonds. The minimum absolute atomic E-state index is 0.136. The number of fused-ring (bicyclic) bond motifs is 5. The number of aliphatic hydroxyl groups excluding tert-OH is 1. The molecule has 26 heavy (non-hydrogen) atoms. The Kier molecular flexibility index (Phi) is 2.86. The van der Waals surface area contributed by atoms with Gasteiger partial charge in [-0.3, -0.25) is 4.79 Å². The number of ether oxygens (including phenoxy) is 1. The van der Waals surface area contributed by atoms with Crippen LogP contribution in [0.15, 0.2) is 29.1 Å². The van der Waals surface area contributed by atoms with Crippen LogP contribution in [0.5, 0.6) is 5.75 Å². The summed E-state index contributed by atoms with van der Waals surface area (Å²) in [6.07, 6.45) is -1.46. The number of esters is 1. The molecule has 4 heterocycles.